The fourth-order valence-electron chi connectivity index (χ4n) is 2.54. The van der Waals surface area contributed by atoms with E-state index in [2.05, 4.69) is 42.5 Å². The number of aliphatic hydroxyl groups excluding tert-OH is 1. The molecule has 0 aliphatic heterocycles. The molecule has 1 heterocycles. The van der Waals surface area contributed by atoms with Crippen molar-refractivity contribution in [2.45, 2.75) is 34.3 Å². The molecule has 0 saturated carbocycles. The minimum atomic E-state index is -0.0103. The summed E-state index contributed by atoms with van der Waals surface area (Å²) < 4.78 is 2.05. The fraction of sp³-hybridized carbons (Fsp3) is 0.400. The zero-order valence-electron chi connectivity index (χ0n) is 11.7. The maximum Gasteiger partial charge on any atom is 0.140 e. The highest BCUT2D eigenvalue weighted by Gasteiger charge is 2.15. The molecule has 1 aromatic carbocycles. The lowest BCUT2D eigenvalue weighted by Gasteiger charge is -2.11. The van der Waals surface area contributed by atoms with Gasteiger partial charge in [0, 0.05) is 18.3 Å². The van der Waals surface area contributed by atoms with Crippen LogP contribution in [0.25, 0.3) is 11.4 Å². The van der Waals surface area contributed by atoms with Crippen molar-refractivity contribution in [3.8, 4) is 11.4 Å². The second kappa shape index (κ2) is 4.58. The summed E-state index contributed by atoms with van der Waals surface area (Å²) >= 11 is 0. The maximum atomic E-state index is 9.31. The summed E-state index contributed by atoms with van der Waals surface area (Å²) in [5.74, 6) is 0.937. The molecular weight excluding hydrogens is 224 g/mol. The Kier molecular flexibility index (Phi) is 3.26. The Morgan fingerprint density at radius 3 is 2.11 bits per heavy atom. The lowest BCUT2D eigenvalue weighted by Crippen LogP contribution is -1.99. The average molecular weight is 244 g/mol. The summed E-state index contributed by atoms with van der Waals surface area (Å²) in [5.41, 5.74) is 6.67. The van der Waals surface area contributed by atoms with Crippen molar-refractivity contribution in [3.63, 3.8) is 0 Å². The van der Waals surface area contributed by atoms with Gasteiger partial charge in [0.15, 0.2) is 0 Å². The predicted octanol–water partition coefficient (Wildman–Crippen LogP) is 2.81. The van der Waals surface area contributed by atoms with Gasteiger partial charge < -0.3 is 9.67 Å². The van der Waals surface area contributed by atoms with E-state index in [0.29, 0.717) is 0 Å². The molecule has 0 amide bonds. The molecule has 1 N–H and O–H groups in total. The molecule has 0 aliphatic rings. The SMILES string of the molecule is Cc1cc(C)c(-c2nc(CO)c(C)n2C)c(C)c1. The summed E-state index contributed by atoms with van der Waals surface area (Å²) in [6.45, 7) is 8.30. The van der Waals surface area contributed by atoms with Crippen LogP contribution in [0, 0.1) is 27.7 Å². The van der Waals surface area contributed by atoms with Crippen molar-refractivity contribution >= 4 is 0 Å². The number of hydrogen-bond acceptors (Lipinski definition) is 2. The van der Waals surface area contributed by atoms with Gasteiger partial charge in [-0.1, -0.05) is 17.7 Å². The van der Waals surface area contributed by atoms with Crippen LogP contribution in [-0.4, -0.2) is 14.7 Å². The first kappa shape index (κ1) is 12.8. The van der Waals surface area contributed by atoms with Crippen molar-refractivity contribution in [3.05, 3.63) is 40.2 Å². The molecule has 1 aromatic heterocycles. The largest absolute Gasteiger partial charge is 0.390 e. The number of hydrogen-bond donors (Lipinski definition) is 1. The third-order valence-electron chi connectivity index (χ3n) is 3.53. The zero-order valence-corrected chi connectivity index (χ0v) is 11.7. The Balaban J connectivity index is 2.70. The first-order chi connectivity index (χ1) is 8.45. The standard InChI is InChI=1S/C15H20N2O/c1-9-6-10(2)14(11(3)7-9)15-16-13(8-18)12(4)17(15)5/h6-7,18H,8H2,1-5H3. The summed E-state index contributed by atoms with van der Waals surface area (Å²) in [6, 6.07) is 4.34. The van der Waals surface area contributed by atoms with Crippen molar-refractivity contribution in [2.24, 2.45) is 7.05 Å². The first-order valence-electron chi connectivity index (χ1n) is 6.17. The minimum Gasteiger partial charge on any atom is -0.390 e. The van der Waals surface area contributed by atoms with E-state index in [1.54, 1.807) is 0 Å². The van der Waals surface area contributed by atoms with Gasteiger partial charge in [0.2, 0.25) is 0 Å². The molecule has 0 atom stereocenters. The molecule has 0 fully saturated rings. The number of aromatic nitrogens is 2. The number of aliphatic hydroxyl groups is 1. The summed E-state index contributed by atoms with van der Waals surface area (Å²) in [7, 11) is 2.00. The van der Waals surface area contributed by atoms with Crippen LogP contribution >= 0.6 is 0 Å². The lowest BCUT2D eigenvalue weighted by molar-refractivity contribution is 0.276. The quantitative estimate of drug-likeness (QED) is 0.882. The lowest BCUT2D eigenvalue weighted by atomic mass is 9.99. The Morgan fingerprint density at radius 2 is 1.67 bits per heavy atom. The zero-order chi connectivity index (χ0) is 13.4. The van der Waals surface area contributed by atoms with Crippen LogP contribution in [0.4, 0.5) is 0 Å². The molecule has 2 rings (SSSR count). The highest BCUT2D eigenvalue weighted by molar-refractivity contribution is 5.66. The normalized spacial score (nSPS) is 11.0. The van der Waals surface area contributed by atoms with E-state index in [-0.39, 0.29) is 6.61 Å². The van der Waals surface area contributed by atoms with Gasteiger partial charge >= 0.3 is 0 Å². The van der Waals surface area contributed by atoms with Gasteiger partial charge in [-0.05, 0) is 38.8 Å². The van der Waals surface area contributed by atoms with E-state index < -0.39 is 0 Å². The maximum absolute atomic E-state index is 9.31. The van der Waals surface area contributed by atoms with Crippen LogP contribution in [0.15, 0.2) is 12.1 Å². The molecule has 0 radical (unpaired) electrons. The molecular formula is C15H20N2O. The van der Waals surface area contributed by atoms with E-state index in [9.17, 15) is 5.11 Å². The van der Waals surface area contributed by atoms with E-state index in [1.165, 1.54) is 22.3 Å². The molecule has 3 nitrogen and oxygen atoms in total. The van der Waals surface area contributed by atoms with Gasteiger partial charge in [0.05, 0.1) is 12.3 Å². The molecule has 3 heteroatoms. The Bertz CT molecular complexity index is 574. The van der Waals surface area contributed by atoms with Crippen molar-refractivity contribution < 1.29 is 5.11 Å². The van der Waals surface area contributed by atoms with E-state index in [1.807, 2.05) is 14.0 Å². The van der Waals surface area contributed by atoms with Crippen molar-refractivity contribution in [1.82, 2.24) is 9.55 Å². The molecule has 0 bridgehead atoms. The van der Waals surface area contributed by atoms with E-state index in [0.717, 1.165) is 17.2 Å². The monoisotopic (exact) mass is 244 g/mol. The second-order valence-electron chi connectivity index (χ2n) is 4.96. The van der Waals surface area contributed by atoms with Gasteiger partial charge in [0.1, 0.15) is 5.82 Å². The summed E-state index contributed by atoms with van der Waals surface area (Å²) in [4.78, 5) is 4.56. The van der Waals surface area contributed by atoms with Gasteiger partial charge in [-0.2, -0.15) is 0 Å². The van der Waals surface area contributed by atoms with Gasteiger partial charge in [-0.3, -0.25) is 0 Å². The smallest absolute Gasteiger partial charge is 0.140 e. The number of aryl methyl sites for hydroxylation is 3. The molecule has 0 spiro atoms. The number of benzene rings is 1. The summed E-state index contributed by atoms with van der Waals surface area (Å²) in [6.07, 6.45) is 0. The number of nitrogens with zero attached hydrogens (tertiary/aromatic N) is 2. The summed E-state index contributed by atoms with van der Waals surface area (Å²) in [5, 5.41) is 9.31. The number of rotatable bonds is 2. The molecule has 18 heavy (non-hydrogen) atoms. The van der Waals surface area contributed by atoms with Gasteiger partial charge in [-0.15, -0.1) is 0 Å². The number of imidazole rings is 1. The van der Waals surface area contributed by atoms with Crippen LogP contribution in [0.2, 0.25) is 0 Å². The van der Waals surface area contributed by atoms with Crippen LogP contribution in [0.3, 0.4) is 0 Å². The molecule has 96 valence electrons. The van der Waals surface area contributed by atoms with Crippen LogP contribution in [0.1, 0.15) is 28.1 Å². The fourth-order valence-corrected chi connectivity index (χ4v) is 2.54. The topological polar surface area (TPSA) is 38.1 Å². The minimum absolute atomic E-state index is 0.0103. The van der Waals surface area contributed by atoms with Gasteiger partial charge in [-0.25, -0.2) is 4.98 Å². The van der Waals surface area contributed by atoms with Crippen molar-refractivity contribution in [2.75, 3.05) is 0 Å². The first-order valence-corrected chi connectivity index (χ1v) is 6.17. The average Bonchev–Trinajstić information content (AvgIpc) is 2.56. The van der Waals surface area contributed by atoms with Gasteiger partial charge in [0.25, 0.3) is 0 Å². The third kappa shape index (κ3) is 1.95. The molecule has 0 unspecified atom stereocenters. The Hall–Kier alpha value is -1.61. The van der Waals surface area contributed by atoms with E-state index >= 15 is 0 Å². The third-order valence-corrected chi connectivity index (χ3v) is 3.53. The Morgan fingerprint density at radius 1 is 1.11 bits per heavy atom. The molecule has 0 aliphatic carbocycles. The van der Waals surface area contributed by atoms with Crippen LogP contribution < -0.4 is 0 Å². The molecule has 0 saturated heterocycles. The van der Waals surface area contributed by atoms with E-state index in [4.69, 9.17) is 0 Å². The highest BCUT2D eigenvalue weighted by atomic mass is 16.3. The van der Waals surface area contributed by atoms with Crippen LogP contribution in [0.5, 0.6) is 0 Å². The highest BCUT2D eigenvalue weighted by Crippen LogP contribution is 2.28. The van der Waals surface area contributed by atoms with Crippen molar-refractivity contribution in [1.29, 1.82) is 0 Å². The van der Waals surface area contributed by atoms with Crippen LogP contribution in [-0.2, 0) is 13.7 Å². The second-order valence-corrected chi connectivity index (χ2v) is 4.96. The Labute approximate surface area is 108 Å². The predicted molar refractivity (Wildman–Crippen MR) is 73.5 cm³/mol. The molecule has 2 aromatic rings.